The molecule has 0 aliphatic heterocycles. The van der Waals surface area contributed by atoms with Crippen molar-refractivity contribution in [2.75, 3.05) is 0 Å². The molecular formula is C13H16F2N2. The Kier molecular flexibility index (Phi) is 2.68. The molecule has 0 N–H and O–H groups in total. The van der Waals surface area contributed by atoms with Gasteiger partial charge in [0.25, 0.3) is 0 Å². The van der Waals surface area contributed by atoms with E-state index in [1.165, 1.54) is 6.07 Å². The summed E-state index contributed by atoms with van der Waals surface area (Å²) in [6.07, 6.45) is 0.765. The van der Waals surface area contributed by atoms with Crippen LogP contribution in [-0.2, 0) is 13.5 Å². The molecule has 0 amide bonds. The van der Waals surface area contributed by atoms with Gasteiger partial charge in [-0.05, 0) is 5.41 Å². The number of hydrogen-bond donors (Lipinski definition) is 0. The van der Waals surface area contributed by atoms with Gasteiger partial charge in [-0.1, -0.05) is 20.8 Å². The quantitative estimate of drug-likeness (QED) is 0.744. The zero-order chi connectivity index (χ0) is 12.8. The van der Waals surface area contributed by atoms with E-state index in [1.54, 1.807) is 0 Å². The van der Waals surface area contributed by atoms with E-state index in [2.05, 4.69) is 25.8 Å². The van der Waals surface area contributed by atoms with Crippen LogP contribution in [0.1, 0.15) is 26.6 Å². The first-order valence-electron chi connectivity index (χ1n) is 5.58. The van der Waals surface area contributed by atoms with Crippen LogP contribution in [0.25, 0.3) is 11.0 Å². The molecule has 1 heterocycles. The summed E-state index contributed by atoms with van der Waals surface area (Å²) in [5.74, 6) is -0.835. The molecule has 2 rings (SSSR count). The molecule has 17 heavy (non-hydrogen) atoms. The summed E-state index contributed by atoms with van der Waals surface area (Å²) in [6.45, 7) is 6.31. The Labute approximate surface area is 99.3 Å². The average molecular weight is 238 g/mol. The lowest BCUT2D eigenvalue weighted by Gasteiger charge is -2.17. The van der Waals surface area contributed by atoms with Crippen LogP contribution in [0.4, 0.5) is 8.78 Å². The van der Waals surface area contributed by atoms with Gasteiger partial charge in [-0.25, -0.2) is 13.8 Å². The molecule has 1 aromatic carbocycles. The molecule has 0 bridgehead atoms. The van der Waals surface area contributed by atoms with Gasteiger partial charge in [-0.15, -0.1) is 0 Å². The Morgan fingerprint density at radius 2 is 1.76 bits per heavy atom. The smallest absolute Gasteiger partial charge is 0.161 e. The molecule has 0 atom stereocenters. The van der Waals surface area contributed by atoms with Gasteiger partial charge >= 0.3 is 0 Å². The Morgan fingerprint density at radius 1 is 1.18 bits per heavy atom. The fraction of sp³-hybridized carbons (Fsp3) is 0.462. The van der Waals surface area contributed by atoms with Gasteiger partial charge in [0.15, 0.2) is 11.6 Å². The molecule has 0 aliphatic rings. The fourth-order valence-corrected chi connectivity index (χ4v) is 1.87. The van der Waals surface area contributed by atoms with Crippen LogP contribution in [0.5, 0.6) is 0 Å². The van der Waals surface area contributed by atoms with Crippen LogP contribution >= 0.6 is 0 Å². The van der Waals surface area contributed by atoms with E-state index in [0.717, 1.165) is 18.3 Å². The molecule has 0 saturated carbocycles. The Hall–Kier alpha value is -1.45. The lowest BCUT2D eigenvalue weighted by Crippen LogP contribution is -2.12. The zero-order valence-corrected chi connectivity index (χ0v) is 10.5. The molecule has 0 unspecified atom stereocenters. The van der Waals surface area contributed by atoms with Gasteiger partial charge < -0.3 is 4.57 Å². The highest BCUT2D eigenvalue weighted by atomic mass is 19.2. The van der Waals surface area contributed by atoms with Crippen molar-refractivity contribution in [1.82, 2.24) is 9.55 Å². The number of halogens is 2. The standard InChI is InChI=1S/C13H16F2N2/c1-13(2,3)7-12-16-10-5-8(14)9(15)6-11(10)17(12)4/h5-6H,7H2,1-4H3. The van der Waals surface area contributed by atoms with E-state index in [0.29, 0.717) is 11.0 Å². The maximum atomic E-state index is 13.2. The first-order valence-corrected chi connectivity index (χ1v) is 5.58. The minimum absolute atomic E-state index is 0.0895. The highest BCUT2D eigenvalue weighted by Gasteiger charge is 2.17. The summed E-state index contributed by atoms with van der Waals surface area (Å²) in [5, 5.41) is 0. The third-order valence-corrected chi connectivity index (χ3v) is 2.70. The van der Waals surface area contributed by atoms with Crippen molar-refractivity contribution in [3.63, 3.8) is 0 Å². The van der Waals surface area contributed by atoms with E-state index in [1.807, 2.05) is 11.6 Å². The number of aryl methyl sites for hydroxylation is 1. The first kappa shape index (κ1) is 12.0. The normalized spacial score (nSPS) is 12.4. The molecule has 2 nitrogen and oxygen atoms in total. The van der Waals surface area contributed by atoms with Crippen molar-refractivity contribution in [1.29, 1.82) is 0 Å². The Morgan fingerprint density at radius 3 is 2.35 bits per heavy atom. The first-order chi connectivity index (χ1) is 7.78. The molecule has 1 aromatic heterocycles. The van der Waals surface area contributed by atoms with Crippen molar-refractivity contribution in [2.24, 2.45) is 12.5 Å². The number of aromatic nitrogens is 2. The highest BCUT2D eigenvalue weighted by Crippen LogP contribution is 2.24. The second-order valence-corrected chi connectivity index (χ2v) is 5.58. The van der Waals surface area contributed by atoms with Crippen molar-refractivity contribution in [3.05, 3.63) is 29.6 Å². The van der Waals surface area contributed by atoms with E-state index < -0.39 is 11.6 Å². The van der Waals surface area contributed by atoms with Gasteiger partial charge in [0.2, 0.25) is 0 Å². The number of rotatable bonds is 1. The summed E-state index contributed by atoms with van der Waals surface area (Å²) in [6, 6.07) is 2.35. The van der Waals surface area contributed by atoms with Gasteiger partial charge in [0, 0.05) is 25.6 Å². The number of imidazole rings is 1. The van der Waals surface area contributed by atoms with Gasteiger partial charge in [-0.3, -0.25) is 0 Å². The fourth-order valence-electron chi connectivity index (χ4n) is 1.87. The number of benzene rings is 1. The molecule has 0 fully saturated rings. The Balaban J connectivity index is 2.57. The van der Waals surface area contributed by atoms with Crippen molar-refractivity contribution in [3.8, 4) is 0 Å². The molecule has 0 aliphatic carbocycles. The van der Waals surface area contributed by atoms with E-state index in [9.17, 15) is 8.78 Å². The van der Waals surface area contributed by atoms with Crippen LogP contribution in [0.3, 0.4) is 0 Å². The minimum Gasteiger partial charge on any atom is -0.331 e. The maximum absolute atomic E-state index is 13.2. The summed E-state index contributed by atoms with van der Waals surface area (Å²) >= 11 is 0. The van der Waals surface area contributed by atoms with E-state index >= 15 is 0 Å². The van der Waals surface area contributed by atoms with E-state index in [4.69, 9.17) is 0 Å². The monoisotopic (exact) mass is 238 g/mol. The maximum Gasteiger partial charge on any atom is 0.161 e. The SMILES string of the molecule is Cn1c(CC(C)(C)C)nc2cc(F)c(F)cc21. The van der Waals surface area contributed by atoms with Crippen molar-refractivity contribution >= 4 is 11.0 Å². The number of nitrogens with zero attached hydrogens (tertiary/aromatic N) is 2. The predicted molar refractivity (Wildman–Crippen MR) is 63.8 cm³/mol. The second kappa shape index (κ2) is 3.79. The molecular weight excluding hydrogens is 222 g/mol. The molecule has 0 spiro atoms. The summed E-state index contributed by atoms with van der Waals surface area (Å²) < 4.78 is 28.1. The van der Waals surface area contributed by atoms with Crippen LogP contribution in [-0.4, -0.2) is 9.55 Å². The third-order valence-electron chi connectivity index (χ3n) is 2.70. The van der Waals surface area contributed by atoms with Crippen LogP contribution in [0.2, 0.25) is 0 Å². The molecule has 4 heteroatoms. The van der Waals surface area contributed by atoms with Crippen LogP contribution in [0.15, 0.2) is 12.1 Å². The topological polar surface area (TPSA) is 17.8 Å². The largest absolute Gasteiger partial charge is 0.331 e. The summed E-state index contributed by atoms with van der Waals surface area (Å²) in [4.78, 5) is 4.36. The predicted octanol–water partition coefficient (Wildman–Crippen LogP) is 3.44. The average Bonchev–Trinajstić information content (AvgIpc) is 2.43. The van der Waals surface area contributed by atoms with Gasteiger partial charge in [0.1, 0.15) is 5.82 Å². The van der Waals surface area contributed by atoms with Crippen LogP contribution in [0, 0.1) is 17.0 Å². The molecule has 2 aromatic rings. The molecule has 92 valence electrons. The third kappa shape index (κ3) is 2.30. The van der Waals surface area contributed by atoms with Crippen LogP contribution < -0.4 is 0 Å². The van der Waals surface area contributed by atoms with Crippen molar-refractivity contribution in [2.45, 2.75) is 27.2 Å². The summed E-state index contributed by atoms with van der Waals surface area (Å²) in [5.41, 5.74) is 1.22. The van der Waals surface area contributed by atoms with E-state index in [-0.39, 0.29) is 5.41 Å². The number of fused-ring (bicyclic) bond motifs is 1. The Bertz CT molecular complexity index is 565. The molecule has 0 radical (unpaired) electrons. The summed E-state index contributed by atoms with van der Waals surface area (Å²) in [7, 11) is 1.83. The lowest BCUT2D eigenvalue weighted by molar-refractivity contribution is 0.396. The lowest BCUT2D eigenvalue weighted by atomic mass is 9.92. The number of hydrogen-bond acceptors (Lipinski definition) is 1. The molecule has 0 saturated heterocycles. The minimum atomic E-state index is -0.849. The zero-order valence-electron chi connectivity index (χ0n) is 10.5. The van der Waals surface area contributed by atoms with Gasteiger partial charge in [-0.2, -0.15) is 0 Å². The van der Waals surface area contributed by atoms with Gasteiger partial charge in [0.05, 0.1) is 11.0 Å². The van der Waals surface area contributed by atoms with Crippen molar-refractivity contribution < 1.29 is 8.78 Å². The highest BCUT2D eigenvalue weighted by molar-refractivity contribution is 5.76. The second-order valence-electron chi connectivity index (χ2n) is 5.58.